The lowest BCUT2D eigenvalue weighted by Crippen LogP contribution is -2.34. The summed E-state index contributed by atoms with van der Waals surface area (Å²) in [4.78, 5) is 4.63. The second kappa shape index (κ2) is 6.55. The largest absolute Gasteiger partial charge is 0.369 e. The zero-order valence-electron chi connectivity index (χ0n) is 11.1. The fraction of sp³-hybridized carbons (Fsp3) is 0.533. The zero-order chi connectivity index (χ0) is 12.8. The van der Waals surface area contributed by atoms with Crippen LogP contribution in [0.3, 0.4) is 0 Å². The van der Waals surface area contributed by atoms with Crippen molar-refractivity contribution in [1.82, 2.24) is 5.32 Å². The van der Waals surface area contributed by atoms with E-state index in [1.54, 1.807) is 0 Å². The molecule has 0 aliphatic carbocycles. The Balaban J connectivity index is 1.82. The van der Waals surface area contributed by atoms with Gasteiger partial charge in [0.2, 0.25) is 0 Å². The molecule has 0 fully saturated rings. The van der Waals surface area contributed by atoms with Gasteiger partial charge in [-0.3, -0.25) is 4.99 Å². The molecule has 0 saturated heterocycles. The molecule has 0 unspecified atom stereocenters. The van der Waals surface area contributed by atoms with Crippen LogP contribution < -0.4 is 11.1 Å². The fourth-order valence-electron chi connectivity index (χ4n) is 2.40. The number of hydrogen-bond acceptors (Lipinski definition) is 3. The third-order valence-corrected chi connectivity index (χ3v) is 3.44. The molecule has 3 heteroatoms. The van der Waals surface area contributed by atoms with Crippen molar-refractivity contribution in [3.05, 3.63) is 35.9 Å². The van der Waals surface area contributed by atoms with Gasteiger partial charge in [0, 0.05) is 12.0 Å². The van der Waals surface area contributed by atoms with Crippen molar-refractivity contribution in [2.75, 3.05) is 13.1 Å². The van der Waals surface area contributed by atoms with Crippen molar-refractivity contribution in [2.45, 2.75) is 32.2 Å². The molecule has 3 nitrogen and oxygen atoms in total. The Morgan fingerprint density at radius 3 is 2.89 bits per heavy atom. The van der Waals surface area contributed by atoms with Gasteiger partial charge in [-0.1, -0.05) is 37.3 Å². The first-order chi connectivity index (χ1) is 8.79. The maximum absolute atomic E-state index is 5.54. The predicted molar refractivity (Wildman–Crippen MR) is 76.8 cm³/mol. The second-order valence-corrected chi connectivity index (χ2v) is 5.09. The fourth-order valence-corrected chi connectivity index (χ4v) is 2.40. The van der Waals surface area contributed by atoms with E-state index in [9.17, 15) is 0 Å². The molecule has 1 aromatic carbocycles. The molecule has 2 atom stereocenters. The van der Waals surface area contributed by atoms with Crippen LogP contribution in [0.5, 0.6) is 0 Å². The van der Waals surface area contributed by atoms with Crippen molar-refractivity contribution in [3.63, 3.8) is 0 Å². The molecule has 0 saturated carbocycles. The topological polar surface area (TPSA) is 50.4 Å². The maximum atomic E-state index is 5.54. The Hall–Kier alpha value is -1.35. The number of nitrogens with two attached hydrogens (primary N) is 1. The van der Waals surface area contributed by atoms with Gasteiger partial charge in [-0.15, -0.1) is 0 Å². The highest BCUT2D eigenvalue weighted by Crippen LogP contribution is 2.13. The van der Waals surface area contributed by atoms with Gasteiger partial charge < -0.3 is 11.1 Å². The Bertz CT molecular complexity index is 386. The average Bonchev–Trinajstić information content (AvgIpc) is 2.86. The Morgan fingerprint density at radius 2 is 2.17 bits per heavy atom. The molecule has 98 valence electrons. The molecule has 0 aromatic heterocycles. The predicted octanol–water partition coefficient (Wildman–Crippen LogP) is 1.97. The number of nitrogens with zero attached hydrogens (tertiary/aromatic N) is 1. The molecule has 1 aliphatic rings. The maximum Gasteiger partial charge on any atom is 0.0998 e. The third kappa shape index (κ3) is 3.57. The summed E-state index contributed by atoms with van der Waals surface area (Å²) in [5.41, 5.74) is 6.91. The normalized spacial score (nSPS) is 20.3. The molecule has 2 rings (SSSR count). The molecular weight excluding hydrogens is 222 g/mol. The van der Waals surface area contributed by atoms with Gasteiger partial charge in [0.15, 0.2) is 0 Å². The van der Waals surface area contributed by atoms with Gasteiger partial charge in [0.1, 0.15) is 0 Å². The number of aliphatic imine (C=N–C) groups is 1. The van der Waals surface area contributed by atoms with E-state index in [-0.39, 0.29) is 0 Å². The number of hydrogen-bond donors (Lipinski definition) is 2. The molecule has 3 N–H and O–H groups in total. The highest BCUT2D eigenvalue weighted by atomic mass is 15.1. The van der Waals surface area contributed by atoms with E-state index in [1.165, 1.54) is 11.4 Å². The quantitative estimate of drug-likeness (QED) is 0.805. The minimum atomic E-state index is 0.468. The summed E-state index contributed by atoms with van der Waals surface area (Å²) in [6, 6.07) is 11.1. The van der Waals surface area contributed by atoms with Crippen LogP contribution in [0.15, 0.2) is 35.3 Å². The lowest BCUT2D eigenvalue weighted by atomic mass is 10.00. The summed E-state index contributed by atoms with van der Waals surface area (Å²) in [6.45, 7) is 3.92. The number of amidine groups is 1. The Morgan fingerprint density at radius 1 is 1.39 bits per heavy atom. The molecule has 1 heterocycles. The van der Waals surface area contributed by atoms with E-state index in [2.05, 4.69) is 47.6 Å². The van der Waals surface area contributed by atoms with Gasteiger partial charge >= 0.3 is 0 Å². The summed E-state index contributed by atoms with van der Waals surface area (Å²) in [7, 11) is 0. The van der Waals surface area contributed by atoms with Crippen molar-refractivity contribution in [1.29, 1.82) is 0 Å². The molecule has 0 radical (unpaired) electrons. The van der Waals surface area contributed by atoms with E-state index in [0.29, 0.717) is 12.0 Å². The summed E-state index contributed by atoms with van der Waals surface area (Å²) in [6.07, 6.45) is 3.26. The van der Waals surface area contributed by atoms with Crippen LogP contribution in [0.25, 0.3) is 0 Å². The first kappa shape index (κ1) is 13.1. The molecule has 0 bridgehead atoms. The van der Waals surface area contributed by atoms with Crippen LogP contribution in [0.2, 0.25) is 0 Å². The second-order valence-electron chi connectivity index (χ2n) is 5.09. The van der Waals surface area contributed by atoms with Crippen LogP contribution in [0.4, 0.5) is 0 Å². The van der Waals surface area contributed by atoms with E-state index < -0.39 is 0 Å². The monoisotopic (exact) mass is 245 g/mol. The van der Waals surface area contributed by atoms with E-state index in [1.807, 2.05) is 0 Å². The first-order valence-electron chi connectivity index (χ1n) is 6.84. The average molecular weight is 245 g/mol. The standard InChI is InChI=1S/C15H23N3/c1-12(10-13-6-3-2-4-7-13)15-17-11-14(18-15)8-5-9-16/h2-4,6-7,12,14H,5,8-11,16H2,1H3,(H,17,18)/t12-,14+/m0/s1. The summed E-state index contributed by atoms with van der Waals surface area (Å²) in [5.74, 6) is 1.64. The van der Waals surface area contributed by atoms with Crippen molar-refractivity contribution < 1.29 is 0 Å². The van der Waals surface area contributed by atoms with Crippen molar-refractivity contribution in [3.8, 4) is 0 Å². The first-order valence-corrected chi connectivity index (χ1v) is 6.84. The molecule has 0 amide bonds. The third-order valence-electron chi connectivity index (χ3n) is 3.44. The number of benzene rings is 1. The van der Waals surface area contributed by atoms with E-state index >= 15 is 0 Å². The Labute approximate surface area is 109 Å². The molecule has 0 spiro atoms. The van der Waals surface area contributed by atoms with Crippen LogP contribution in [0, 0.1) is 5.92 Å². The zero-order valence-corrected chi connectivity index (χ0v) is 11.1. The van der Waals surface area contributed by atoms with Crippen LogP contribution in [-0.4, -0.2) is 25.0 Å². The lowest BCUT2D eigenvalue weighted by molar-refractivity contribution is 0.569. The molecule has 1 aliphatic heterocycles. The highest BCUT2D eigenvalue weighted by molar-refractivity contribution is 5.86. The SMILES string of the molecule is C[C@@H](Cc1ccccc1)C1=NC[C@@H](CCCN)N1. The number of rotatable bonds is 6. The summed E-state index contributed by atoms with van der Waals surface area (Å²) < 4.78 is 0. The number of nitrogens with one attached hydrogen (secondary N) is 1. The summed E-state index contributed by atoms with van der Waals surface area (Å²) in [5, 5.41) is 3.54. The van der Waals surface area contributed by atoms with E-state index in [0.717, 1.165) is 32.4 Å². The smallest absolute Gasteiger partial charge is 0.0998 e. The van der Waals surface area contributed by atoms with Crippen molar-refractivity contribution in [2.24, 2.45) is 16.6 Å². The molecule has 1 aromatic rings. The van der Waals surface area contributed by atoms with Crippen LogP contribution in [0.1, 0.15) is 25.3 Å². The van der Waals surface area contributed by atoms with Gasteiger partial charge in [0.25, 0.3) is 0 Å². The summed E-state index contributed by atoms with van der Waals surface area (Å²) >= 11 is 0. The lowest BCUT2D eigenvalue weighted by Gasteiger charge is -2.16. The Kier molecular flexibility index (Phi) is 4.76. The minimum absolute atomic E-state index is 0.468. The van der Waals surface area contributed by atoms with Gasteiger partial charge in [-0.05, 0) is 31.4 Å². The van der Waals surface area contributed by atoms with Crippen LogP contribution in [-0.2, 0) is 6.42 Å². The van der Waals surface area contributed by atoms with Gasteiger partial charge in [-0.25, -0.2) is 0 Å². The van der Waals surface area contributed by atoms with E-state index in [4.69, 9.17) is 5.73 Å². The molecular formula is C15H23N3. The minimum Gasteiger partial charge on any atom is -0.369 e. The van der Waals surface area contributed by atoms with Crippen LogP contribution >= 0.6 is 0 Å². The highest BCUT2D eigenvalue weighted by Gasteiger charge is 2.21. The van der Waals surface area contributed by atoms with Gasteiger partial charge in [0.05, 0.1) is 12.4 Å². The van der Waals surface area contributed by atoms with Gasteiger partial charge in [-0.2, -0.15) is 0 Å². The molecule has 18 heavy (non-hydrogen) atoms. The van der Waals surface area contributed by atoms with Crippen molar-refractivity contribution >= 4 is 5.84 Å².